The van der Waals surface area contributed by atoms with Crippen molar-refractivity contribution >= 4 is 5.69 Å². The highest BCUT2D eigenvalue weighted by molar-refractivity contribution is 5.66. The summed E-state index contributed by atoms with van der Waals surface area (Å²) >= 11 is 0. The minimum absolute atomic E-state index is 0.217. The number of hydrogen-bond donors (Lipinski definition) is 1. The van der Waals surface area contributed by atoms with E-state index in [-0.39, 0.29) is 5.75 Å². The number of ether oxygens (including phenoxy) is 3. The zero-order valence-corrected chi connectivity index (χ0v) is 13.8. The number of likely N-dealkylation sites (N-methyl/N-ethyl adjacent to an activating group) is 1. The Kier molecular flexibility index (Phi) is 2.66. The number of aromatic hydroxyl groups is 1. The quantitative estimate of drug-likeness (QED) is 0.819. The number of phenols is 1. The predicted octanol–water partition coefficient (Wildman–Crippen LogP) is 2.92. The second-order valence-corrected chi connectivity index (χ2v) is 7.02. The molecule has 0 aromatic heterocycles. The van der Waals surface area contributed by atoms with Gasteiger partial charge < -0.3 is 19.3 Å². The molecular formula is C19H20NO4+. The van der Waals surface area contributed by atoms with Crippen LogP contribution in [0.1, 0.15) is 22.7 Å². The number of phenolic OH excluding ortho intramolecular Hbond substituents is 1. The molecule has 0 fully saturated rings. The fraction of sp³-hybridized carbons (Fsp3) is 0.368. The summed E-state index contributed by atoms with van der Waals surface area (Å²) in [5.41, 5.74) is 5.12. The zero-order chi connectivity index (χ0) is 16.5. The van der Waals surface area contributed by atoms with Crippen molar-refractivity contribution in [3.05, 3.63) is 41.0 Å². The number of hydrogen-bond acceptors (Lipinski definition) is 4. The molecule has 0 saturated heterocycles. The molecule has 3 aliphatic rings. The van der Waals surface area contributed by atoms with Crippen molar-refractivity contribution in [2.45, 2.75) is 18.9 Å². The first-order chi connectivity index (χ1) is 11.6. The second kappa shape index (κ2) is 4.57. The summed E-state index contributed by atoms with van der Waals surface area (Å²) in [6.45, 7) is 1.33. The molecule has 3 heterocycles. The van der Waals surface area contributed by atoms with E-state index in [0.29, 0.717) is 18.6 Å². The molecule has 0 spiro atoms. The van der Waals surface area contributed by atoms with E-state index in [2.05, 4.69) is 19.2 Å². The summed E-state index contributed by atoms with van der Waals surface area (Å²) < 4.78 is 17.2. The van der Waals surface area contributed by atoms with Gasteiger partial charge in [-0.3, -0.25) is 4.48 Å². The Bertz CT molecular complexity index is 863. The van der Waals surface area contributed by atoms with Crippen molar-refractivity contribution in [1.82, 2.24) is 4.48 Å². The van der Waals surface area contributed by atoms with E-state index < -0.39 is 0 Å². The Morgan fingerprint density at radius 2 is 1.92 bits per heavy atom. The van der Waals surface area contributed by atoms with Gasteiger partial charge in [0.1, 0.15) is 11.7 Å². The van der Waals surface area contributed by atoms with Gasteiger partial charge in [-0.2, -0.15) is 0 Å². The van der Waals surface area contributed by atoms with Gasteiger partial charge in [-0.1, -0.05) is 0 Å². The highest BCUT2D eigenvalue weighted by Gasteiger charge is 2.48. The van der Waals surface area contributed by atoms with Crippen LogP contribution < -0.4 is 18.7 Å². The van der Waals surface area contributed by atoms with E-state index in [4.69, 9.17) is 14.2 Å². The topological polar surface area (TPSA) is 47.9 Å². The molecule has 0 aliphatic carbocycles. The number of benzene rings is 2. The molecule has 0 radical (unpaired) electrons. The van der Waals surface area contributed by atoms with Gasteiger partial charge in [0.05, 0.1) is 20.7 Å². The Morgan fingerprint density at radius 3 is 2.71 bits per heavy atom. The molecule has 24 heavy (non-hydrogen) atoms. The summed E-state index contributed by atoms with van der Waals surface area (Å²) in [5.74, 6) is 2.46. The van der Waals surface area contributed by atoms with Crippen LogP contribution in [0.5, 0.6) is 23.0 Å². The molecule has 5 nitrogen and oxygen atoms in total. The normalized spacial score (nSPS) is 25.8. The molecule has 124 valence electrons. The predicted molar refractivity (Wildman–Crippen MR) is 90.0 cm³/mol. The molecule has 5 heteroatoms. The van der Waals surface area contributed by atoms with E-state index in [1.807, 2.05) is 12.1 Å². The molecule has 0 amide bonds. The van der Waals surface area contributed by atoms with Gasteiger partial charge >= 0.3 is 0 Å². The minimum Gasteiger partial charge on any atom is -0.504 e. The highest BCUT2D eigenvalue weighted by atomic mass is 16.7. The van der Waals surface area contributed by atoms with Gasteiger partial charge in [0.25, 0.3) is 0 Å². The van der Waals surface area contributed by atoms with Gasteiger partial charge in [0.15, 0.2) is 23.0 Å². The van der Waals surface area contributed by atoms with Crippen molar-refractivity contribution in [3.8, 4) is 23.0 Å². The van der Waals surface area contributed by atoms with Crippen LogP contribution in [-0.2, 0) is 12.8 Å². The Hall–Kier alpha value is -2.40. The maximum Gasteiger partial charge on any atom is 0.231 e. The van der Waals surface area contributed by atoms with E-state index in [1.54, 1.807) is 7.11 Å². The van der Waals surface area contributed by atoms with Crippen molar-refractivity contribution < 1.29 is 19.3 Å². The summed E-state index contributed by atoms with van der Waals surface area (Å²) in [6, 6.07) is 8.46. The largest absolute Gasteiger partial charge is 0.504 e. The second-order valence-electron chi connectivity index (χ2n) is 7.02. The van der Waals surface area contributed by atoms with Crippen LogP contribution in [0.15, 0.2) is 24.3 Å². The van der Waals surface area contributed by atoms with Crippen molar-refractivity contribution in [2.75, 3.05) is 27.5 Å². The third-order valence-corrected chi connectivity index (χ3v) is 5.87. The highest BCUT2D eigenvalue weighted by Crippen LogP contribution is 2.53. The Balaban J connectivity index is 1.65. The number of rotatable bonds is 1. The van der Waals surface area contributed by atoms with Crippen LogP contribution in [0.2, 0.25) is 0 Å². The summed E-state index contributed by atoms with van der Waals surface area (Å²) in [4.78, 5) is 0. The van der Waals surface area contributed by atoms with Crippen LogP contribution in [0.3, 0.4) is 0 Å². The Morgan fingerprint density at radius 1 is 1.12 bits per heavy atom. The molecule has 3 aliphatic heterocycles. The van der Waals surface area contributed by atoms with Gasteiger partial charge in [-0.15, -0.1) is 0 Å². The van der Waals surface area contributed by atoms with E-state index in [0.717, 1.165) is 35.4 Å². The lowest BCUT2D eigenvalue weighted by Gasteiger charge is -2.41. The smallest absolute Gasteiger partial charge is 0.231 e. The monoisotopic (exact) mass is 326 g/mol. The first kappa shape index (κ1) is 14.0. The lowest BCUT2D eigenvalue weighted by atomic mass is 9.90. The van der Waals surface area contributed by atoms with Crippen LogP contribution in [0.4, 0.5) is 5.69 Å². The molecule has 0 saturated carbocycles. The number of methoxy groups -OCH3 is 1. The third kappa shape index (κ3) is 1.68. The molecule has 2 unspecified atom stereocenters. The summed E-state index contributed by atoms with van der Waals surface area (Å²) in [7, 11) is 3.88. The van der Waals surface area contributed by atoms with Crippen LogP contribution >= 0.6 is 0 Å². The summed E-state index contributed by atoms with van der Waals surface area (Å²) in [6.07, 6.45) is 1.91. The van der Waals surface area contributed by atoms with Crippen molar-refractivity contribution in [3.63, 3.8) is 0 Å². The van der Waals surface area contributed by atoms with Gasteiger partial charge in [0, 0.05) is 30.0 Å². The van der Waals surface area contributed by atoms with Crippen LogP contribution in [0.25, 0.3) is 0 Å². The van der Waals surface area contributed by atoms with Crippen LogP contribution in [0, 0.1) is 0 Å². The average molecular weight is 326 g/mol. The molecular weight excluding hydrogens is 306 g/mol. The molecule has 2 aromatic carbocycles. The lowest BCUT2D eigenvalue weighted by Crippen LogP contribution is -2.50. The van der Waals surface area contributed by atoms with Gasteiger partial charge in [-0.05, 0) is 23.8 Å². The molecule has 1 N–H and O–H groups in total. The van der Waals surface area contributed by atoms with E-state index in [1.165, 1.54) is 22.4 Å². The van der Waals surface area contributed by atoms with Gasteiger partial charge in [-0.25, -0.2) is 0 Å². The number of fused-ring (bicyclic) bond motifs is 6. The Labute approximate surface area is 140 Å². The molecule has 2 atom stereocenters. The SMILES string of the molecule is COc1cc2c(cc1O)C1Cc3cc4c(cc3[N+]1(C)CC2)OCO4. The zero-order valence-electron chi connectivity index (χ0n) is 13.8. The van der Waals surface area contributed by atoms with Gasteiger partial charge in [0.2, 0.25) is 6.79 Å². The first-order valence-corrected chi connectivity index (χ1v) is 8.28. The number of nitrogens with zero attached hydrogens (tertiary/aromatic N) is 1. The fourth-order valence-corrected chi connectivity index (χ4v) is 4.55. The maximum atomic E-state index is 10.3. The average Bonchev–Trinajstić information content (AvgIpc) is 3.14. The minimum atomic E-state index is 0.217. The summed E-state index contributed by atoms with van der Waals surface area (Å²) in [5, 5.41) is 10.3. The molecule has 0 bridgehead atoms. The molecule has 2 aromatic rings. The third-order valence-electron chi connectivity index (χ3n) is 5.87. The maximum absolute atomic E-state index is 10.3. The van der Waals surface area contributed by atoms with Crippen LogP contribution in [-0.4, -0.2) is 32.6 Å². The van der Waals surface area contributed by atoms with Crippen molar-refractivity contribution in [2.24, 2.45) is 0 Å². The standard InChI is InChI=1S/C19H19NO4/c1-20-4-3-11-6-17(22-2)16(21)8-13(11)15(20)5-12-7-18-19(9-14(12)20)24-10-23-18/h6-9,15H,3-5,10H2,1-2H3/p+1. The fourth-order valence-electron chi connectivity index (χ4n) is 4.55. The van der Waals surface area contributed by atoms with E-state index >= 15 is 0 Å². The molecule has 5 rings (SSSR count). The number of quaternary nitrogens is 1. The van der Waals surface area contributed by atoms with Crippen molar-refractivity contribution in [1.29, 1.82) is 0 Å². The van der Waals surface area contributed by atoms with E-state index in [9.17, 15) is 5.11 Å². The first-order valence-electron chi connectivity index (χ1n) is 8.28. The lowest BCUT2D eigenvalue weighted by molar-refractivity contribution is 0.173.